The first-order chi connectivity index (χ1) is 7.59. The van der Waals surface area contributed by atoms with E-state index in [0.29, 0.717) is 5.15 Å². The van der Waals surface area contributed by atoms with Crippen LogP contribution in [0.5, 0.6) is 0 Å². The molecule has 1 aliphatic rings. The Morgan fingerprint density at radius 2 is 2.38 bits per heavy atom. The normalized spacial score (nSPS) is 20.9. The molecule has 1 fully saturated rings. The molecule has 1 aromatic rings. The summed E-state index contributed by atoms with van der Waals surface area (Å²) in [6.45, 7) is 7.72. The lowest BCUT2D eigenvalue weighted by molar-refractivity contribution is -0.0553. The van der Waals surface area contributed by atoms with Gasteiger partial charge < -0.3 is 4.74 Å². The van der Waals surface area contributed by atoms with E-state index in [-0.39, 0.29) is 5.54 Å². The second-order valence-electron chi connectivity index (χ2n) is 4.74. The first kappa shape index (κ1) is 11.8. The van der Waals surface area contributed by atoms with E-state index in [1.165, 1.54) is 0 Å². The molecular formula is C12H17ClN2O. The second-order valence-corrected chi connectivity index (χ2v) is 5.10. The van der Waals surface area contributed by atoms with E-state index >= 15 is 0 Å². The number of ether oxygens (including phenoxy) is 1. The summed E-state index contributed by atoms with van der Waals surface area (Å²) in [5.41, 5.74) is 1.15. The van der Waals surface area contributed by atoms with Crippen molar-refractivity contribution in [2.75, 3.05) is 19.8 Å². The number of halogens is 1. The van der Waals surface area contributed by atoms with Crippen LogP contribution in [0.15, 0.2) is 18.3 Å². The van der Waals surface area contributed by atoms with Crippen molar-refractivity contribution >= 4 is 11.6 Å². The van der Waals surface area contributed by atoms with Crippen molar-refractivity contribution in [3.05, 3.63) is 29.0 Å². The molecule has 0 aromatic carbocycles. The minimum atomic E-state index is 0.0669. The molecule has 3 nitrogen and oxygen atoms in total. The number of hydrogen-bond acceptors (Lipinski definition) is 3. The number of aromatic nitrogens is 1. The lowest BCUT2D eigenvalue weighted by Crippen LogP contribution is -2.52. The maximum absolute atomic E-state index is 6.07. The van der Waals surface area contributed by atoms with Gasteiger partial charge in [-0.15, -0.1) is 0 Å². The fourth-order valence-corrected chi connectivity index (χ4v) is 2.11. The monoisotopic (exact) mass is 240 g/mol. The molecular weight excluding hydrogens is 224 g/mol. The highest BCUT2D eigenvalue weighted by Crippen LogP contribution is 2.23. The maximum atomic E-state index is 6.07. The van der Waals surface area contributed by atoms with Crippen molar-refractivity contribution in [3.8, 4) is 0 Å². The Labute approximate surface area is 101 Å². The van der Waals surface area contributed by atoms with Crippen LogP contribution in [0.4, 0.5) is 0 Å². The minimum absolute atomic E-state index is 0.0669. The second kappa shape index (κ2) is 4.70. The molecule has 88 valence electrons. The Bertz CT molecular complexity index is 368. The molecule has 0 unspecified atom stereocenters. The SMILES string of the molecule is CC1(C)COCCN1Cc1cccnc1Cl. The first-order valence-electron chi connectivity index (χ1n) is 5.52. The molecule has 1 aromatic heterocycles. The number of pyridine rings is 1. The van der Waals surface area contributed by atoms with Crippen molar-refractivity contribution in [2.24, 2.45) is 0 Å². The molecule has 4 heteroatoms. The third-order valence-electron chi connectivity index (χ3n) is 3.01. The van der Waals surface area contributed by atoms with Crippen LogP contribution in [-0.2, 0) is 11.3 Å². The number of rotatable bonds is 2. The molecule has 0 amide bonds. The van der Waals surface area contributed by atoms with E-state index in [0.717, 1.165) is 31.9 Å². The predicted octanol–water partition coefficient (Wildman–Crippen LogP) is 2.35. The molecule has 0 N–H and O–H groups in total. The average Bonchev–Trinajstić information content (AvgIpc) is 2.24. The van der Waals surface area contributed by atoms with Gasteiger partial charge >= 0.3 is 0 Å². The van der Waals surface area contributed by atoms with E-state index in [9.17, 15) is 0 Å². The zero-order valence-electron chi connectivity index (χ0n) is 9.74. The lowest BCUT2D eigenvalue weighted by Gasteiger charge is -2.42. The first-order valence-corrected chi connectivity index (χ1v) is 5.89. The van der Waals surface area contributed by atoms with Crippen LogP contribution >= 0.6 is 11.6 Å². The summed E-state index contributed by atoms with van der Waals surface area (Å²) in [6.07, 6.45) is 1.72. The standard InChI is InChI=1S/C12H17ClN2O/c1-12(2)9-16-7-6-15(12)8-10-4-3-5-14-11(10)13/h3-5H,6-9H2,1-2H3. The Kier molecular flexibility index (Phi) is 3.47. The highest BCUT2D eigenvalue weighted by molar-refractivity contribution is 6.30. The van der Waals surface area contributed by atoms with Gasteiger partial charge in [0.1, 0.15) is 5.15 Å². The highest BCUT2D eigenvalue weighted by atomic mass is 35.5. The van der Waals surface area contributed by atoms with E-state index in [1.807, 2.05) is 12.1 Å². The molecule has 1 aliphatic heterocycles. The molecule has 1 saturated heterocycles. The molecule has 0 spiro atoms. The van der Waals surface area contributed by atoms with E-state index in [2.05, 4.69) is 23.7 Å². The van der Waals surface area contributed by atoms with Crippen molar-refractivity contribution in [1.29, 1.82) is 0 Å². The predicted molar refractivity (Wildman–Crippen MR) is 64.6 cm³/mol. The fourth-order valence-electron chi connectivity index (χ4n) is 1.93. The summed E-state index contributed by atoms with van der Waals surface area (Å²) in [4.78, 5) is 6.49. The number of nitrogens with zero attached hydrogens (tertiary/aromatic N) is 2. The topological polar surface area (TPSA) is 25.4 Å². The van der Waals surface area contributed by atoms with Crippen LogP contribution in [0.1, 0.15) is 19.4 Å². The fraction of sp³-hybridized carbons (Fsp3) is 0.583. The third-order valence-corrected chi connectivity index (χ3v) is 3.35. The molecule has 2 rings (SSSR count). The quantitative estimate of drug-likeness (QED) is 0.742. The minimum Gasteiger partial charge on any atom is -0.378 e. The van der Waals surface area contributed by atoms with Gasteiger partial charge in [-0.2, -0.15) is 0 Å². The zero-order chi connectivity index (χ0) is 11.6. The summed E-state index contributed by atoms with van der Waals surface area (Å²) in [5.74, 6) is 0. The number of morpholine rings is 1. The Hall–Kier alpha value is -0.640. The van der Waals surface area contributed by atoms with Crippen LogP contribution in [0.3, 0.4) is 0 Å². The van der Waals surface area contributed by atoms with Gasteiger partial charge in [0, 0.05) is 30.4 Å². The van der Waals surface area contributed by atoms with Crippen molar-refractivity contribution in [3.63, 3.8) is 0 Å². The Balaban J connectivity index is 2.12. The molecule has 2 heterocycles. The largest absolute Gasteiger partial charge is 0.378 e. The van der Waals surface area contributed by atoms with Crippen molar-refractivity contribution in [2.45, 2.75) is 25.9 Å². The van der Waals surface area contributed by atoms with Gasteiger partial charge in [0.2, 0.25) is 0 Å². The van der Waals surface area contributed by atoms with Crippen LogP contribution in [0.2, 0.25) is 5.15 Å². The summed E-state index contributed by atoms with van der Waals surface area (Å²) in [5, 5.41) is 0.602. The lowest BCUT2D eigenvalue weighted by atomic mass is 10.0. The van der Waals surface area contributed by atoms with Gasteiger partial charge in [-0.25, -0.2) is 4.98 Å². The van der Waals surface area contributed by atoms with Crippen LogP contribution in [-0.4, -0.2) is 35.2 Å². The zero-order valence-corrected chi connectivity index (χ0v) is 10.5. The molecule has 0 bridgehead atoms. The van der Waals surface area contributed by atoms with Crippen LogP contribution < -0.4 is 0 Å². The van der Waals surface area contributed by atoms with Gasteiger partial charge in [-0.1, -0.05) is 17.7 Å². The van der Waals surface area contributed by atoms with Crippen molar-refractivity contribution < 1.29 is 4.74 Å². The molecule has 0 aliphatic carbocycles. The van der Waals surface area contributed by atoms with Crippen LogP contribution in [0, 0.1) is 0 Å². The molecule has 0 saturated carbocycles. The van der Waals surface area contributed by atoms with E-state index < -0.39 is 0 Å². The maximum Gasteiger partial charge on any atom is 0.133 e. The van der Waals surface area contributed by atoms with Crippen LogP contribution in [0.25, 0.3) is 0 Å². The third kappa shape index (κ3) is 2.54. The smallest absolute Gasteiger partial charge is 0.133 e. The van der Waals surface area contributed by atoms with Gasteiger partial charge in [-0.05, 0) is 19.9 Å². The summed E-state index contributed by atoms with van der Waals surface area (Å²) < 4.78 is 5.49. The Morgan fingerprint density at radius 1 is 1.56 bits per heavy atom. The van der Waals surface area contributed by atoms with Gasteiger partial charge in [0.05, 0.1) is 13.2 Å². The van der Waals surface area contributed by atoms with Gasteiger partial charge in [0.25, 0.3) is 0 Å². The molecule has 0 radical (unpaired) electrons. The van der Waals surface area contributed by atoms with Gasteiger partial charge in [0.15, 0.2) is 0 Å². The average molecular weight is 241 g/mol. The summed E-state index contributed by atoms with van der Waals surface area (Å²) in [6, 6.07) is 3.95. The van der Waals surface area contributed by atoms with E-state index in [1.54, 1.807) is 6.20 Å². The highest BCUT2D eigenvalue weighted by Gasteiger charge is 2.30. The summed E-state index contributed by atoms with van der Waals surface area (Å²) in [7, 11) is 0. The van der Waals surface area contributed by atoms with Gasteiger partial charge in [-0.3, -0.25) is 4.90 Å². The number of hydrogen-bond donors (Lipinski definition) is 0. The molecule has 16 heavy (non-hydrogen) atoms. The van der Waals surface area contributed by atoms with Crippen molar-refractivity contribution in [1.82, 2.24) is 9.88 Å². The Morgan fingerprint density at radius 3 is 3.06 bits per heavy atom. The van der Waals surface area contributed by atoms with E-state index in [4.69, 9.17) is 16.3 Å². The molecule has 0 atom stereocenters. The summed E-state index contributed by atoms with van der Waals surface area (Å²) >= 11 is 6.07.